The Bertz CT molecular complexity index is 233. The molecule has 0 saturated heterocycles. The van der Waals surface area contributed by atoms with Gasteiger partial charge >= 0.3 is 0 Å². The van der Waals surface area contributed by atoms with Crippen molar-refractivity contribution in [3.05, 3.63) is 23.7 Å². The van der Waals surface area contributed by atoms with Crippen molar-refractivity contribution >= 4 is 0 Å². The minimum atomic E-state index is -0.391. The van der Waals surface area contributed by atoms with Crippen LogP contribution in [0.3, 0.4) is 0 Å². The van der Waals surface area contributed by atoms with Crippen molar-refractivity contribution in [3.8, 4) is 0 Å². The maximum atomic E-state index is 8.81. The normalized spacial score (nSPS) is 15.7. The van der Waals surface area contributed by atoms with Gasteiger partial charge in [0, 0.05) is 5.92 Å². The van der Waals surface area contributed by atoms with Crippen LogP contribution in [0, 0.1) is 0 Å². The summed E-state index contributed by atoms with van der Waals surface area (Å²) in [6.07, 6.45) is 1.04. The molecule has 0 aromatic carbocycles. The molecule has 3 nitrogen and oxygen atoms in total. The lowest BCUT2D eigenvalue weighted by Crippen LogP contribution is -2.13. The van der Waals surface area contributed by atoms with Crippen molar-refractivity contribution in [2.75, 3.05) is 6.61 Å². The summed E-state index contributed by atoms with van der Waals surface area (Å²) in [6.45, 7) is 4.14. The molecule has 2 unspecified atom stereocenters. The summed E-state index contributed by atoms with van der Waals surface area (Å²) in [5.74, 6) is 2.03. The Hall–Kier alpha value is -0.800. The molecule has 3 N–H and O–H groups in total. The van der Waals surface area contributed by atoms with Crippen molar-refractivity contribution in [2.45, 2.75) is 32.2 Å². The van der Waals surface area contributed by atoms with Crippen molar-refractivity contribution in [1.82, 2.24) is 0 Å². The summed E-state index contributed by atoms with van der Waals surface area (Å²) < 4.78 is 5.50. The predicted molar refractivity (Wildman–Crippen MR) is 51.4 cm³/mol. The molecule has 0 spiro atoms. The first kappa shape index (κ1) is 10.3. The van der Waals surface area contributed by atoms with Crippen LogP contribution >= 0.6 is 0 Å². The predicted octanol–water partition coefficient (Wildman–Crippen LogP) is 1.79. The number of furan rings is 1. The van der Waals surface area contributed by atoms with Crippen LogP contribution < -0.4 is 5.73 Å². The van der Waals surface area contributed by atoms with E-state index in [2.05, 4.69) is 13.8 Å². The first-order valence-corrected chi connectivity index (χ1v) is 4.65. The third-order valence-electron chi connectivity index (χ3n) is 2.31. The van der Waals surface area contributed by atoms with Crippen LogP contribution in [0.5, 0.6) is 0 Å². The number of hydrogen-bond donors (Lipinski definition) is 2. The molecule has 1 heterocycles. The van der Waals surface area contributed by atoms with Crippen LogP contribution in [0.15, 0.2) is 16.5 Å². The van der Waals surface area contributed by atoms with Gasteiger partial charge in [0.15, 0.2) is 0 Å². The van der Waals surface area contributed by atoms with Crippen LogP contribution in [0.25, 0.3) is 0 Å². The SMILES string of the molecule is CCC(C)c1ccc(C(N)CO)o1. The molecule has 0 saturated carbocycles. The Morgan fingerprint density at radius 3 is 2.62 bits per heavy atom. The van der Waals surface area contributed by atoms with E-state index in [0.29, 0.717) is 11.7 Å². The first-order valence-electron chi connectivity index (χ1n) is 4.65. The van der Waals surface area contributed by atoms with Gasteiger partial charge in [0.05, 0.1) is 12.6 Å². The molecule has 3 heteroatoms. The van der Waals surface area contributed by atoms with E-state index >= 15 is 0 Å². The average molecular weight is 183 g/mol. The van der Waals surface area contributed by atoms with Gasteiger partial charge in [-0.3, -0.25) is 0 Å². The van der Waals surface area contributed by atoms with Crippen LogP contribution in [-0.4, -0.2) is 11.7 Å². The maximum absolute atomic E-state index is 8.81. The third-order valence-corrected chi connectivity index (χ3v) is 2.31. The van der Waals surface area contributed by atoms with Crippen molar-refractivity contribution in [2.24, 2.45) is 5.73 Å². The second-order valence-corrected chi connectivity index (χ2v) is 3.34. The molecule has 13 heavy (non-hydrogen) atoms. The summed E-state index contributed by atoms with van der Waals surface area (Å²) in [7, 11) is 0. The quantitative estimate of drug-likeness (QED) is 0.748. The Labute approximate surface area is 78.5 Å². The Balaban J connectivity index is 2.74. The van der Waals surface area contributed by atoms with Crippen LogP contribution in [-0.2, 0) is 0 Å². The van der Waals surface area contributed by atoms with Crippen molar-refractivity contribution < 1.29 is 9.52 Å². The van der Waals surface area contributed by atoms with Gasteiger partial charge < -0.3 is 15.3 Å². The van der Waals surface area contributed by atoms with Gasteiger partial charge in [-0.15, -0.1) is 0 Å². The summed E-state index contributed by atoms with van der Waals surface area (Å²) in [6, 6.07) is 3.37. The summed E-state index contributed by atoms with van der Waals surface area (Å²) in [5, 5.41) is 8.81. The fourth-order valence-corrected chi connectivity index (χ4v) is 1.12. The second-order valence-electron chi connectivity index (χ2n) is 3.34. The lowest BCUT2D eigenvalue weighted by Gasteiger charge is -2.06. The number of nitrogens with two attached hydrogens (primary N) is 1. The van der Waals surface area contributed by atoms with Crippen LogP contribution in [0.4, 0.5) is 0 Å². The molecule has 0 bridgehead atoms. The van der Waals surface area contributed by atoms with Gasteiger partial charge in [-0.2, -0.15) is 0 Å². The molecule has 74 valence electrons. The van der Waals surface area contributed by atoms with E-state index in [0.717, 1.165) is 12.2 Å². The number of aliphatic hydroxyl groups is 1. The zero-order chi connectivity index (χ0) is 9.84. The summed E-state index contributed by atoms with van der Waals surface area (Å²) >= 11 is 0. The van der Waals surface area contributed by atoms with Crippen molar-refractivity contribution in [1.29, 1.82) is 0 Å². The van der Waals surface area contributed by atoms with Crippen LogP contribution in [0.2, 0.25) is 0 Å². The molecule has 2 atom stereocenters. The largest absolute Gasteiger partial charge is 0.464 e. The second kappa shape index (κ2) is 4.44. The lowest BCUT2D eigenvalue weighted by molar-refractivity contribution is 0.248. The topological polar surface area (TPSA) is 59.4 Å². The minimum Gasteiger partial charge on any atom is -0.464 e. The summed E-state index contributed by atoms with van der Waals surface area (Å²) in [4.78, 5) is 0. The Kier molecular flexibility index (Phi) is 3.51. The van der Waals surface area contributed by atoms with Gasteiger partial charge in [-0.05, 0) is 18.6 Å². The molecular weight excluding hydrogens is 166 g/mol. The van der Waals surface area contributed by atoms with Gasteiger partial charge in [-0.25, -0.2) is 0 Å². The Morgan fingerprint density at radius 1 is 1.46 bits per heavy atom. The van der Waals surface area contributed by atoms with Gasteiger partial charge in [0.1, 0.15) is 11.5 Å². The van der Waals surface area contributed by atoms with Gasteiger partial charge in [0.25, 0.3) is 0 Å². The highest BCUT2D eigenvalue weighted by atomic mass is 16.3. The highest BCUT2D eigenvalue weighted by molar-refractivity contribution is 5.13. The highest BCUT2D eigenvalue weighted by Gasteiger charge is 2.12. The number of hydrogen-bond acceptors (Lipinski definition) is 3. The zero-order valence-electron chi connectivity index (χ0n) is 8.16. The van der Waals surface area contributed by atoms with E-state index in [1.165, 1.54) is 0 Å². The van der Waals surface area contributed by atoms with Crippen LogP contribution in [0.1, 0.15) is 43.7 Å². The molecule has 1 aromatic heterocycles. The molecule has 0 aliphatic rings. The molecule has 0 fully saturated rings. The van der Waals surface area contributed by atoms with Gasteiger partial charge in [0.2, 0.25) is 0 Å². The van der Waals surface area contributed by atoms with E-state index < -0.39 is 6.04 Å². The monoisotopic (exact) mass is 183 g/mol. The molecule has 0 aliphatic heterocycles. The minimum absolute atomic E-state index is 0.0759. The molecular formula is C10H17NO2. The van der Waals surface area contributed by atoms with Crippen molar-refractivity contribution in [3.63, 3.8) is 0 Å². The first-order chi connectivity index (χ1) is 6.19. The number of rotatable bonds is 4. The smallest absolute Gasteiger partial charge is 0.123 e. The van der Waals surface area contributed by atoms with E-state index in [-0.39, 0.29) is 6.61 Å². The molecule has 0 aliphatic carbocycles. The molecule has 0 amide bonds. The molecule has 0 radical (unpaired) electrons. The zero-order valence-corrected chi connectivity index (χ0v) is 8.16. The van der Waals surface area contributed by atoms with Gasteiger partial charge in [-0.1, -0.05) is 13.8 Å². The van der Waals surface area contributed by atoms with E-state index in [1.807, 2.05) is 12.1 Å². The number of aliphatic hydroxyl groups excluding tert-OH is 1. The lowest BCUT2D eigenvalue weighted by atomic mass is 10.1. The highest BCUT2D eigenvalue weighted by Crippen LogP contribution is 2.23. The maximum Gasteiger partial charge on any atom is 0.123 e. The van der Waals surface area contributed by atoms with E-state index in [4.69, 9.17) is 15.3 Å². The fourth-order valence-electron chi connectivity index (χ4n) is 1.12. The molecule has 1 aromatic rings. The van der Waals surface area contributed by atoms with E-state index in [1.54, 1.807) is 0 Å². The van der Waals surface area contributed by atoms with E-state index in [9.17, 15) is 0 Å². The Morgan fingerprint density at radius 2 is 2.08 bits per heavy atom. The summed E-state index contributed by atoms with van der Waals surface area (Å²) in [5.41, 5.74) is 5.61. The molecule has 1 rings (SSSR count). The average Bonchev–Trinajstić information content (AvgIpc) is 2.64. The third kappa shape index (κ3) is 2.32. The fraction of sp³-hybridized carbons (Fsp3) is 0.600. The standard InChI is InChI=1S/C10H17NO2/c1-3-7(2)9-4-5-10(13-9)8(11)6-12/h4-5,7-8,12H,3,6,11H2,1-2H3.